The van der Waals surface area contributed by atoms with Gasteiger partial charge < -0.3 is 15.8 Å². The van der Waals surface area contributed by atoms with Crippen LogP contribution in [0.1, 0.15) is 47.0 Å². The van der Waals surface area contributed by atoms with E-state index in [1.165, 1.54) is 6.92 Å². The van der Waals surface area contributed by atoms with Crippen molar-refractivity contribution in [2.75, 3.05) is 6.54 Å². The summed E-state index contributed by atoms with van der Waals surface area (Å²) in [6.45, 7) is 7.48. The van der Waals surface area contributed by atoms with Crippen molar-refractivity contribution >= 4 is 11.9 Å². The monoisotopic (exact) mass is 244 g/mol. The van der Waals surface area contributed by atoms with Gasteiger partial charge in [0.15, 0.2) is 0 Å². The number of rotatable bonds is 6. The Morgan fingerprint density at radius 1 is 1.29 bits per heavy atom. The quantitative estimate of drug-likeness (QED) is 0.695. The van der Waals surface area contributed by atoms with Crippen LogP contribution >= 0.6 is 0 Å². The number of nitrogens with two attached hydrogens (primary N) is 1. The molecule has 100 valence electrons. The fourth-order valence-corrected chi connectivity index (χ4v) is 1.20. The lowest BCUT2D eigenvalue weighted by molar-refractivity contribution is -0.118. The zero-order valence-corrected chi connectivity index (χ0v) is 11.2. The summed E-state index contributed by atoms with van der Waals surface area (Å²) >= 11 is 0. The van der Waals surface area contributed by atoms with Crippen molar-refractivity contribution in [1.82, 2.24) is 5.32 Å². The van der Waals surface area contributed by atoms with E-state index in [0.717, 1.165) is 12.8 Å². The molecule has 0 aromatic carbocycles. The van der Waals surface area contributed by atoms with Crippen LogP contribution in [-0.2, 0) is 9.53 Å². The number of nitrogens with one attached hydrogen (secondary N) is 1. The second-order valence-electron chi connectivity index (χ2n) is 5.14. The fraction of sp³-hybridized carbons (Fsp3) is 0.833. The van der Waals surface area contributed by atoms with Crippen LogP contribution in [0.25, 0.3) is 0 Å². The van der Waals surface area contributed by atoms with E-state index < -0.39 is 11.7 Å². The van der Waals surface area contributed by atoms with E-state index in [0.29, 0.717) is 13.0 Å². The fourth-order valence-electron chi connectivity index (χ4n) is 1.20. The number of hydrogen-bond acceptors (Lipinski definition) is 4. The van der Waals surface area contributed by atoms with Crippen LogP contribution in [0.5, 0.6) is 0 Å². The first-order chi connectivity index (χ1) is 7.72. The first kappa shape index (κ1) is 15.9. The predicted molar refractivity (Wildman–Crippen MR) is 66.7 cm³/mol. The third kappa shape index (κ3) is 9.81. The van der Waals surface area contributed by atoms with E-state index in [2.05, 4.69) is 5.32 Å². The van der Waals surface area contributed by atoms with Gasteiger partial charge in [-0.3, -0.25) is 4.79 Å². The Morgan fingerprint density at radius 2 is 1.88 bits per heavy atom. The molecular weight excluding hydrogens is 220 g/mol. The van der Waals surface area contributed by atoms with Gasteiger partial charge in [-0.05, 0) is 47.0 Å². The lowest BCUT2D eigenvalue weighted by Crippen LogP contribution is -2.33. The van der Waals surface area contributed by atoms with Gasteiger partial charge in [-0.25, -0.2) is 4.79 Å². The number of amides is 1. The van der Waals surface area contributed by atoms with Crippen LogP contribution in [0.15, 0.2) is 0 Å². The summed E-state index contributed by atoms with van der Waals surface area (Å²) in [5.41, 5.74) is 5.11. The summed E-state index contributed by atoms with van der Waals surface area (Å²) in [5, 5.41) is 2.66. The minimum absolute atomic E-state index is 0.00472. The van der Waals surface area contributed by atoms with Crippen LogP contribution in [0, 0.1) is 0 Å². The molecule has 1 atom stereocenters. The second kappa shape index (κ2) is 7.27. The molecule has 0 saturated heterocycles. The molecule has 0 heterocycles. The minimum Gasteiger partial charge on any atom is -0.444 e. The highest BCUT2D eigenvalue weighted by Gasteiger charge is 2.15. The third-order valence-electron chi connectivity index (χ3n) is 2.13. The molecule has 3 N–H and O–H groups in total. The van der Waals surface area contributed by atoms with Gasteiger partial charge >= 0.3 is 6.09 Å². The molecule has 0 saturated carbocycles. The number of hydrogen-bond donors (Lipinski definition) is 2. The Balaban J connectivity index is 3.52. The summed E-state index contributed by atoms with van der Waals surface area (Å²) in [7, 11) is 0. The normalized spacial score (nSPS) is 13.0. The topological polar surface area (TPSA) is 81.4 Å². The number of Topliss-reactive ketones (excluding diaryl/α,β-unsaturated/α-hetero) is 1. The van der Waals surface area contributed by atoms with Crippen molar-refractivity contribution in [3.8, 4) is 0 Å². The molecular formula is C12H24N2O3. The second-order valence-corrected chi connectivity index (χ2v) is 5.14. The summed E-state index contributed by atoms with van der Waals surface area (Å²) in [4.78, 5) is 22.1. The SMILES string of the molecule is CC(=O)C(N)CCCCNC(=O)OC(C)(C)C. The first-order valence-corrected chi connectivity index (χ1v) is 5.95. The van der Waals surface area contributed by atoms with E-state index in [9.17, 15) is 9.59 Å². The predicted octanol–water partition coefficient (Wildman–Crippen LogP) is 1.60. The van der Waals surface area contributed by atoms with E-state index >= 15 is 0 Å². The van der Waals surface area contributed by atoms with Gasteiger partial charge in [0.2, 0.25) is 0 Å². The van der Waals surface area contributed by atoms with Gasteiger partial charge in [-0.2, -0.15) is 0 Å². The van der Waals surface area contributed by atoms with Crippen molar-refractivity contribution in [3.05, 3.63) is 0 Å². The Morgan fingerprint density at radius 3 is 2.35 bits per heavy atom. The zero-order chi connectivity index (χ0) is 13.5. The lowest BCUT2D eigenvalue weighted by atomic mass is 10.1. The van der Waals surface area contributed by atoms with E-state index in [1.54, 1.807) is 0 Å². The molecule has 0 aromatic rings. The minimum atomic E-state index is -0.471. The average Bonchev–Trinajstić information content (AvgIpc) is 2.13. The number of unbranched alkanes of at least 4 members (excludes halogenated alkanes) is 1. The largest absolute Gasteiger partial charge is 0.444 e. The molecule has 5 nitrogen and oxygen atoms in total. The van der Waals surface area contributed by atoms with Crippen molar-refractivity contribution in [2.45, 2.75) is 58.6 Å². The van der Waals surface area contributed by atoms with E-state index in [1.807, 2.05) is 20.8 Å². The summed E-state index contributed by atoms with van der Waals surface area (Å²) in [6, 6.07) is -0.378. The molecule has 1 unspecified atom stereocenters. The van der Waals surface area contributed by atoms with Gasteiger partial charge in [0, 0.05) is 6.54 Å². The number of alkyl carbamates (subject to hydrolysis) is 1. The van der Waals surface area contributed by atoms with Gasteiger partial charge in [-0.15, -0.1) is 0 Å². The van der Waals surface area contributed by atoms with Gasteiger partial charge in [0.05, 0.1) is 6.04 Å². The van der Waals surface area contributed by atoms with Crippen LogP contribution in [0.2, 0.25) is 0 Å². The molecule has 0 aromatic heterocycles. The number of ether oxygens (including phenoxy) is 1. The maximum Gasteiger partial charge on any atom is 0.407 e. The molecule has 0 aliphatic carbocycles. The Kier molecular flexibility index (Phi) is 6.80. The van der Waals surface area contributed by atoms with E-state index in [4.69, 9.17) is 10.5 Å². The summed E-state index contributed by atoms with van der Waals surface area (Å²) in [5.74, 6) is 0.00472. The maximum atomic E-state index is 11.3. The molecule has 0 rings (SSSR count). The molecule has 0 bridgehead atoms. The van der Waals surface area contributed by atoms with Crippen LogP contribution < -0.4 is 11.1 Å². The van der Waals surface area contributed by atoms with Gasteiger partial charge in [-0.1, -0.05) is 0 Å². The van der Waals surface area contributed by atoms with Crippen molar-refractivity contribution in [1.29, 1.82) is 0 Å². The maximum absolute atomic E-state index is 11.3. The highest BCUT2D eigenvalue weighted by Crippen LogP contribution is 2.06. The van der Waals surface area contributed by atoms with Gasteiger partial charge in [0.25, 0.3) is 0 Å². The van der Waals surface area contributed by atoms with Gasteiger partial charge in [0.1, 0.15) is 11.4 Å². The Hall–Kier alpha value is -1.10. The Labute approximate surface area is 103 Å². The van der Waals surface area contributed by atoms with Crippen molar-refractivity contribution in [3.63, 3.8) is 0 Å². The molecule has 0 spiro atoms. The van der Waals surface area contributed by atoms with Crippen LogP contribution in [-0.4, -0.2) is 30.1 Å². The summed E-state index contributed by atoms with van der Waals surface area (Å²) in [6.07, 6.45) is 1.86. The standard InChI is InChI=1S/C12H24N2O3/c1-9(15)10(13)7-5-6-8-14-11(16)17-12(2,3)4/h10H,5-8,13H2,1-4H3,(H,14,16). The summed E-state index contributed by atoms with van der Waals surface area (Å²) < 4.78 is 5.07. The van der Waals surface area contributed by atoms with Crippen molar-refractivity contribution < 1.29 is 14.3 Å². The first-order valence-electron chi connectivity index (χ1n) is 5.95. The van der Waals surface area contributed by atoms with Crippen LogP contribution in [0.4, 0.5) is 4.79 Å². The highest BCUT2D eigenvalue weighted by molar-refractivity contribution is 5.81. The Bertz CT molecular complexity index is 259. The molecule has 17 heavy (non-hydrogen) atoms. The molecule has 0 fully saturated rings. The molecule has 1 amide bonds. The number of carbonyl (C=O) groups excluding carboxylic acids is 2. The molecule has 5 heteroatoms. The van der Waals surface area contributed by atoms with E-state index in [-0.39, 0.29) is 11.8 Å². The molecule has 0 aliphatic heterocycles. The number of carbonyl (C=O) groups is 2. The van der Waals surface area contributed by atoms with Crippen molar-refractivity contribution in [2.24, 2.45) is 5.73 Å². The average molecular weight is 244 g/mol. The zero-order valence-electron chi connectivity index (χ0n) is 11.2. The third-order valence-corrected chi connectivity index (χ3v) is 2.13. The smallest absolute Gasteiger partial charge is 0.407 e. The molecule has 0 radical (unpaired) electrons. The lowest BCUT2D eigenvalue weighted by Gasteiger charge is -2.19. The molecule has 0 aliphatic rings. The highest BCUT2D eigenvalue weighted by atomic mass is 16.6. The number of ketones is 1. The van der Waals surface area contributed by atoms with Crippen LogP contribution in [0.3, 0.4) is 0 Å².